The van der Waals surface area contributed by atoms with Gasteiger partial charge in [-0.3, -0.25) is 10.3 Å². The van der Waals surface area contributed by atoms with Crippen LogP contribution in [0.25, 0.3) is 10.9 Å². The van der Waals surface area contributed by atoms with E-state index in [9.17, 15) is 18.0 Å². The normalized spacial score (nSPS) is 11.5. The standard InChI is InChI=1S/C20H14F3N5OS2/c21-20(22,23)13-5-3-6-14(10-13)25-17(29)26-18-27-28-19(31-18)30-11-15-9-8-12-4-1-2-7-16(12)24-15/h1-10H,11H2,(H2,25,26,27,29). The number of carbonyl (C=O) groups is 1. The number of para-hydroxylation sites is 1. The fraction of sp³-hybridized carbons (Fsp3) is 0.100. The van der Waals surface area contributed by atoms with Gasteiger partial charge < -0.3 is 5.32 Å². The number of hydrogen-bond acceptors (Lipinski definition) is 6. The van der Waals surface area contributed by atoms with Gasteiger partial charge in [0, 0.05) is 16.8 Å². The molecule has 0 saturated heterocycles. The summed E-state index contributed by atoms with van der Waals surface area (Å²) in [6, 6.07) is 15.4. The number of rotatable bonds is 5. The van der Waals surface area contributed by atoms with E-state index in [1.54, 1.807) is 0 Å². The number of amides is 2. The molecule has 2 amide bonds. The highest BCUT2D eigenvalue weighted by molar-refractivity contribution is 8.00. The summed E-state index contributed by atoms with van der Waals surface area (Å²) in [7, 11) is 0. The topological polar surface area (TPSA) is 79.8 Å². The summed E-state index contributed by atoms with van der Waals surface area (Å²) >= 11 is 2.59. The highest BCUT2D eigenvalue weighted by Crippen LogP contribution is 2.31. The zero-order valence-electron chi connectivity index (χ0n) is 15.7. The molecule has 0 atom stereocenters. The highest BCUT2D eigenvalue weighted by Gasteiger charge is 2.30. The summed E-state index contributed by atoms with van der Waals surface area (Å²) in [5.74, 6) is 0.579. The number of carbonyl (C=O) groups excluding carboxylic acids is 1. The van der Waals surface area contributed by atoms with E-state index in [2.05, 4.69) is 25.8 Å². The fourth-order valence-electron chi connectivity index (χ4n) is 2.68. The molecule has 158 valence electrons. The third-order valence-electron chi connectivity index (χ3n) is 4.07. The molecular weight excluding hydrogens is 447 g/mol. The summed E-state index contributed by atoms with van der Waals surface area (Å²) < 4.78 is 39.0. The van der Waals surface area contributed by atoms with E-state index in [0.717, 1.165) is 40.1 Å². The van der Waals surface area contributed by atoms with Crippen LogP contribution < -0.4 is 10.6 Å². The van der Waals surface area contributed by atoms with E-state index in [-0.39, 0.29) is 10.8 Å². The van der Waals surface area contributed by atoms with Crippen LogP contribution in [-0.2, 0) is 11.9 Å². The van der Waals surface area contributed by atoms with Crippen molar-refractivity contribution in [3.8, 4) is 0 Å². The molecule has 0 aliphatic rings. The predicted molar refractivity (Wildman–Crippen MR) is 115 cm³/mol. The smallest absolute Gasteiger partial charge is 0.308 e. The Morgan fingerprint density at radius 3 is 2.68 bits per heavy atom. The number of halogens is 3. The second kappa shape index (κ2) is 8.90. The zero-order chi connectivity index (χ0) is 21.8. The molecule has 0 bridgehead atoms. The van der Waals surface area contributed by atoms with Gasteiger partial charge in [-0.15, -0.1) is 10.2 Å². The lowest BCUT2D eigenvalue weighted by Gasteiger charge is -2.09. The molecule has 4 rings (SSSR count). The first-order chi connectivity index (χ1) is 14.9. The van der Waals surface area contributed by atoms with Crippen molar-refractivity contribution in [2.45, 2.75) is 16.3 Å². The summed E-state index contributed by atoms with van der Waals surface area (Å²) in [6.07, 6.45) is -4.49. The summed E-state index contributed by atoms with van der Waals surface area (Å²) in [5, 5.41) is 14.0. The number of nitrogens with zero attached hydrogens (tertiary/aromatic N) is 3. The molecule has 2 aromatic heterocycles. The molecule has 0 aliphatic heterocycles. The maximum Gasteiger partial charge on any atom is 0.416 e. The Morgan fingerprint density at radius 1 is 1.00 bits per heavy atom. The molecule has 4 aromatic rings. The second-order valence-electron chi connectivity index (χ2n) is 6.31. The van der Waals surface area contributed by atoms with Gasteiger partial charge in [-0.1, -0.05) is 53.4 Å². The maximum absolute atomic E-state index is 12.8. The molecule has 0 radical (unpaired) electrons. The van der Waals surface area contributed by atoms with Gasteiger partial charge in [-0.05, 0) is 30.3 Å². The van der Waals surface area contributed by atoms with Crippen LogP contribution in [0.4, 0.5) is 28.8 Å². The minimum absolute atomic E-state index is 0.0221. The summed E-state index contributed by atoms with van der Waals surface area (Å²) in [6.45, 7) is 0. The van der Waals surface area contributed by atoms with E-state index in [4.69, 9.17) is 0 Å². The van der Waals surface area contributed by atoms with Gasteiger partial charge in [0.25, 0.3) is 0 Å². The molecule has 6 nitrogen and oxygen atoms in total. The zero-order valence-corrected chi connectivity index (χ0v) is 17.3. The second-order valence-corrected chi connectivity index (χ2v) is 8.51. The number of aromatic nitrogens is 3. The number of thioether (sulfide) groups is 1. The lowest BCUT2D eigenvalue weighted by atomic mass is 10.2. The van der Waals surface area contributed by atoms with Crippen molar-refractivity contribution < 1.29 is 18.0 Å². The van der Waals surface area contributed by atoms with Crippen LogP contribution in [0.3, 0.4) is 0 Å². The van der Waals surface area contributed by atoms with Crippen molar-refractivity contribution >= 4 is 50.9 Å². The van der Waals surface area contributed by atoms with E-state index < -0.39 is 17.8 Å². The van der Waals surface area contributed by atoms with Gasteiger partial charge in [0.05, 0.1) is 16.8 Å². The summed E-state index contributed by atoms with van der Waals surface area (Å²) in [4.78, 5) is 16.7. The highest BCUT2D eigenvalue weighted by atomic mass is 32.2. The monoisotopic (exact) mass is 461 g/mol. The molecule has 0 saturated carbocycles. The number of nitrogens with one attached hydrogen (secondary N) is 2. The lowest BCUT2D eigenvalue weighted by molar-refractivity contribution is -0.137. The van der Waals surface area contributed by atoms with Gasteiger partial charge in [0.1, 0.15) is 0 Å². The Hall–Kier alpha value is -3.18. The third-order valence-corrected chi connectivity index (χ3v) is 6.08. The molecule has 31 heavy (non-hydrogen) atoms. The first-order valence-electron chi connectivity index (χ1n) is 8.93. The molecular formula is C20H14F3N5OS2. The molecule has 2 aromatic carbocycles. The third kappa shape index (κ3) is 5.50. The van der Waals surface area contributed by atoms with Crippen LogP contribution in [0.5, 0.6) is 0 Å². The van der Waals surface area contributed by atoms with E-state index >= 15 is 0 Å². The van der Waals surface area contributed by atoms with Crippen molar-refractivity contribution in [1.29, 1.82) is 0 Å². The molecule has 0 fully saturated rings. The quantitative estimate of drug-likeness (QED) is 0.280. The number of benzene rings is 2. The molecule has 2 heterocycles. The van der Waals surface area contributed by atoms with Crippen molar-refractivity contribution in [3.05, 3.63) is 71.9 Å². The van der Waals surface area contributed by atoms with Crippen LogP contribution in [0.1, 0.15) is 11.3 Å². The average molecular weight is 461 g/mol. The molecule has 11 heteroatoms. The van der Waals surface area contributed by atoms with Crippen LogP contribution in [0, 0.1) is 0 Å². The lowest BCUT2D eigenvalue weighted by Crippen LogP contribution is -2.19. The van der Waals surface area contributed by atoms with Gasteiger partial charge in [0.2, 0.25) is 5.13 Å². The van der Waals surface area contributed by atoms with Crippen LogP contribution in [0.2, 0.25) is 0 Å². The molecule has 0 aliphatic carbocycles. The molecule has 2 N–H and O–H groups in total. The number of pyridine rings is 1. The Labute approximate surface area is 182 Å². The SMILES string of the molecule is O=C(Nc1cccc(C(F)(F)F)c1)Nc1nnc(SCc2ccc3ccccc3n2)s1. The predicted octanol–water partition coefficient (Wildman–Crippen LogP) is 6.04. The van der Waals surface area contributed by atoms with Gasteiger partial charge in [-0.2, -0.15) is 13.2 Å². The Balaban J connectivity index is 1.33. The number of anilines is 2. The number of hydrogen-bond donors (Lipinski definition) is 2. The molecule has 0 spiro atoms. The Bertz CT molecular complexity index is 1230. The number of alkyl halides is 3. The van der Waals surface area contributed by atoms with Crippen molar-refractivity contribution in [3.63, 3.8) is 0 Å². The van der Waals surface area contributed by atoms with E-state index in [0.29, 0.717) is 10.1 Å². The fourth-order valence-corrected chi connectivity index (χ4v) is 4.33. The van der Waals surface area contributed by atoms with Gasteiger partial charge >= 0.3 is 12.2 Å². The number of fused-ring (bicyclic) bond motifs is 1. The van der Waals surface area contributed by atoms with Crippen molar-refractivity contribution in [2.24, 2.45) is 0 Å². The van der Waals surface area contributed by atoms with Crippen molar-refractivity contribution in [2.75, 3.05) is 10.6 Å². The Morgan fingerprint density at radius 2 is 1.84 bits per heavy atom. The Kier molecular flexibility index (Phi) is 6.05. The van der Waals surface area contributed by atoms with Gasteiger partial charge in [0.15, 0.2) is 4.34 Å². The van der Waals surface area contributed by atoms with Crippen LogP contribution in [0.15, 0.2) is 65.0 Å². The van der Waals surface area contributed by atoms with E-state index in [1.165, 1.54) is 23.9 Å². The average Bonchev–Trinajstić information content (AvgIpc) is 3.18. The first kappa shape index (κ1) is 21.1. The van der Waals surface area contributed by atoms with Crippen molar-refractivity contribution in [1.82, 2.24) is 15.2 Å². The largest absolute Gasteiger partial charge is 0.416 e. The van der Waals surface area contributed by atoms with Crippen LogP contribution in [-0.4, -0.2) is 21.2 Å². The first-order valence-corrected chi connectivity index (χ1v) is 10.7. The number of urea groups is 1. The van der Waals surface area contributed by atoms with E-state index in [1.807, 2.05) is 36.4 Å². The summed E-state index contributed by atoms with van der Waals surface area (Å²) in [5.41, 5.74) is 0.971. The maximum atomic E-state index is 12.8. The van der Waals surface area contributed by atoms with Crippen LogP contribution >= 0.6 is 23.1 Å². The minimum atomic E-state index is -4.49. The van der Waals surface area contributed by atoms with Gasteiger partial charge in [-0.25, -0.2) is 4.79 Å². The minimum Gasteiger partial charge on any atom is -0.308 e. The molecule has 0 unspecified atom stereocenters.